The van der Waals surface area contributed by atoms with Gasteiger partial charge in [-0.2, -0.15) is 0 Å². The number of aliphatic imine (C=N–C) groups is 1. The molecule has 0 aliphatic heterocycles. The minimum atomic E-state index is -0.109. The molecule has 2 heterocycles. The third-order valence-corrected chi connectivity index (χ3v) is 9.66. The lowest BCUT2D eigenvalue weighted by Gasteiger charge is -2.33. The summed E-state index contributed by atoms with van der Waals surface area (Å²) in [5.41, 5.74) is 6.32. The van der Waals surface area contributed by atoms with Crippen molar-refractivity contribution in [2.45, 2.75) is 53.5 Å². The summed E-state index contributed by atoms with van der Waals surface area (Å²) in [5.74, 6) is 0.476. The molecule has 0 spiro atoms. The molecule has 1 atom stereocenters. The number of benzene rings is 3. The molecule has 5 aromatic rings. The molecule has 0 saturated carbocycles. The normalized spacial score (nSPS) is 15.7. The largest absolute Gasteiger partial charge is 0.341 e. The Kier molecular flexibility index (Phi) is 7.05. The van der Waals surface area contributed by atoms with Crippen molar-refractivity contribution in [3.05, 3.63) is 93.3 Å². The number of para-hydroxylation sites is 1. The van der Waals surface area contributed by atoms with Gasteiger partial charge in [0.05, 0.1) is 5.56 Å². The zero-order chi connectivity index (χ0) is 28.0. The minimum absolute atomic E-state index is 0.109. The van der Waals surface area contributed by atoms with Crippen molar-refractivity contribution in [2.24, 2.45) is 16.3 Å². The van der Waals surface area contributed by atoms with Crippen LogP contribution < -0.4 is 5.32 Å². The SMILES string of the molecule is CCn1c2ccccc2c2cc(C=Nc3sc4c(c3C(=O)Nc3ccc(Cl)cc3)CC[C@@H](C(C)(C)C)C4)ccc21. The highest BCUT2D eigenvalue weighted by molar-refractivity contribution is 7.16. The molecule has 0 unspecified atom stereocenters. The van der Waals surface area contributed by atoms with E-state index in [-0.39, 0.29) is 11.3 Å². The van der Waals surface area contributed by atoms with Crippen LogP contribution in [0.4, 0.5) is 10.7 Å². The zero-order valence-electron chi connectivity index (χ0n) is 23.4. The summed E-state index contributed by atoms with van der Waals surface area (Å²) < 4.78 is 2.35. The first-order chi connectivity index (χ1) is 19.2. The molecule has 40 heavy (non-hydrogen) atoms. The van der Waals surface area contributed by atoms with Crippen molar-refractivity contribution in [1.29, 1.82) is 0 Å². The summed E-state index contributed by atoms with van der Waals surface area (Å²) >= 11 is 7.74. The summed E-state index contributed by atoms with van der Waals surface area (Å²) in [7, 11) is 0. The Balaban J connectivity index is 1.39. The number of amides is 1. The Morgan fingerprint density at radius 3 is 2.58 bits per heavy atom. The van der Waals surface area contributed by atoms with E-state index in [9.17, 15) is 4.79 Å². The van der Waals surface area contributed by atoms with E-state index < -0.39 is 0 Å². The second-order valence-corrected chi connectivity index (χ2v) is 13.3. The van der Waals surface area contributed by atoms with Crippen LogP contribution in [0, 0.1) is 11.3 Å². The van der Waals surface area contributed by atoms with E-state index in [1.807, 2.05) is 18.3 Å². The second kappa shape index (κ2) is 10.5. The van der Waals surface area contributed by atoms with E-state index in [1.165, 1.54) is 26.7 Å². The van der Waals surface area contributed by atoms with Gasteiger partial charge in [-0.1, -0.05) is 56.6 Å². The van der Waals surface area contributed by atoms with Crippen LogP contribution >= 0.6 is 22.9 Å². The fraction of sp³-hybridized carbons (Fsp3) is 0.294. The monoisotopic (exact) mass is 567 g/mol. The van der Waals surface area contributed by atoms with E-state index in [0.717, 1.165) is 47.6 Å². The number of hydrogen-bond donors (Lipinski definition) is 1. The van der Waals surface area contributed by atoms with Gasteiger partial charge in [-0.05, 0) is 91.1 Å². The first-order valence-corrected chi connectivity index (χ1v) is 15.2. The summed E-state index contributed by atoms with van der Waals surface area (Å²) in [6.07, 6.45) is 4.88. The highest BCUT2D eigenvalue weighted by Crippen LogP contribution is 2.45. The van der Waals surface area contributed by atoms with Crippen molar-refractivity contribution in [3.8, 4) is 0 Å². The molecule has 1 aliphatic rings. The maximum absolute atomic E-state index is 13.7. The maximum Gasteiger partial charge on any atom is 0.259 e. The van der Waals surface area contributed by atoms with E-state index in [1.54, 1.807) is 23.5 Å². The maximum atomic E-state index is 13.7. The summed E-state index contributed by atoms with van der Waals surface area (Å²) in [4.78, 5) is 19.9. The Labute approximate surface area is 244 Å². The minimum Gasteiger partial charge on any atom is -0.341 e. The number of aryl methyl sites for hydroxylation is 1. The summed E-state index contributed by atoms with van der Waals surface area (Å²) in [5, 5.41) is 6.98. The highest BCUT2D eigenvalue weighted by Gasteiger charge is 2.33. The molecule has 0 fully saturated rings. The number of thiophene rings is 1. The number of aromatic nitrogens is 1. The van der Waals surface area contributed by atoms with Crippen LogP contribution in [0.15, 0.2) is 71.7 Å². The van der Waals surface area contributed by atoms with Crippen LogP contribution in [-0.2, 0) is 19.4 Å². The van der Waals surface area contributed by atoms with Crippen molar-refractivity contribution in [1.82, 2.24) is 4.57 Å². The van der Waals surface area contributed by atoms with Crippen LogP contribution in [0.1, 0.15) is 60.5 Å². The number of carbonyl (C=O) groups is 1. The average molecular weight is 568 g/mol. The van der Waals surface area contributed by atoms with Gasteiger partial charge in [0.1, 0.15) is 5.00 Å². The van der Waals surface area contributed by atoms with Gasteiger partial charge in [-0.25, -0.2) is 4.99 Å². The van der Waals surface area contributed by atoms with Gasteiger partial charge < -0.3 is 9.88 Å². The number of hydrogen-bond acceptors (Lipinski definition) is 3. The standard InChI is InChI=1S/C34H34ClN3OS/c1-5-38-28-9-7-6-8-25(28)27-18-21(10-17-29(27)38)20-36-33-31(32(39)37-24-14-12-23(35)13-15-24)26-16-11-22(34(2,3)4)19-30(26)40-33/h6-10,12-15,17-18,20,22H,5,11,16,19H2,1-4H3,(H,37,39)/t22-/m1/s1. The molecule has 4 nitrogen and oxygen atoms in total. The number of nitrogens with one attached hydrogen (secondary N) is 1. The van der Waals surface area contributed by atoms with Crippen LogP contribution in [0.2, 0.25) is 5.02 Å². The first-order valence-electron chi connectivity index (χ1n) is 14.0. The van der Waals surface area contributed by atoms with E-state index >= 15 is 0 Å². The predicted molar refractivity (Wildman–Crippen MR) is 171 cm³/mol. The van der Waals surface area contributed by atoms with Crippen LogP contribution in [0.25, 0.3) is 21.8 Å². The Bertz CT molecular complexity index is 1750. The van der Waals surface area contributed by atoms with Gasteiger partial charge in [0.2, 0.25) is 0 Å². The van der Waals surface area contributed by atoms with Crippen molar-refractivity contribution < 1.29 is 4.79 Å². The van der Waals surface area contributed by atoms with Gasteiger partial charge in [0.25, 0.3) is 5.91 Å². The number of carbonyl (C=O) groups excluding carboxylic acids is 1. The van der Waals surface area contributed by atoms with Crippen LogP contribution in [-0.4, -0.2) is 16.7 Å². The molecule has 2 aromatic heterocycles. The third-order valence-electron chi connectivity index (χ3n) is 8.24. The molecular weight excluding hydrogens is 534 g/mol. The quantitative estimate of drug-likeness (QED) is 0.211. The summed E-state index contributed by atoms with van der Waals surface area (Å²) in [6.45, 7) is 10.0. The molecule has 6 rings (SSSR count). The number of nitrogens with zero attached hydrogens (tertiary/aromatic N) is 2. The number of halogens is 1. The Morgan fingerprint density at radius 1 is 1.07 bits per heavy atom. The van der Waals surface area contributed by atoms with E-state index in [0.29, 0.717) is 16.5 Å². The predicted octanol–water partition coefficient (Wildman–Crippen LogP) is 9.68. The first kappa shape index (κ1) is 26.8. The van der Waals surface area contributed by atoms with E-state index in [4.69, 9.17) is 16.6 Å². The Morgan fingerprint density at radius 2 is 1.82 bits per heavy atom. The number of rotatable bonds is 5. The lowest BCUT2D eigenvalue weighted by Crippen LogP contribution is -2.27. The molecular formula is C34H34ClN3OS. The third kappa shape index (κ3) is 4.97. The fourth-order valence-electron chi connectivity index (χ4n) is 5.99. The Hall–Kier alpha value is -3.41. The molecule has 1 aliphatic carbocycles. The fourth-order valence-corrected chi connectivity index (χ4v) is 7.38. The topological polar surface area (TPSA) is 46.4 Å². The second-order valence-electron chi connectivity index (χ2n) is 11.7. The summed E-state index contributed by atoms with van der Waals surface area (Å²) in [6, 6.07) is 22.3. The van der Waals surface area contributed by atoms with Gasteiger partial charge in [0, 0.05) is 50.2 Å². The van der Waals surface area contributed by atoms with Crippen molar-refractivity contribution in [3.63, 3.8) is 0 Å². The van der Waals surface area contributed by atoms with Gasteiger partial charge in [-0.3, -0.25) is 4.79 Å². The zero-order valence-corrected chi connectivity index (χ0v) is 25.0. The number of fused-ring (bicyclic) bond motifs is 4. The molecule has 204 valence electrons. The molecule has 0 radical (unpaired) electrons. The smallest absolute Gasteiger partial charge is 0.259 e. The lowest BCUT2D eigenvalue weighted by atomic mass is 9.72. The molecule has 1 N–H and O–H groups in total. The van der Waals surface area contributed by atoms with E-state index in [2.05, 4.69) is 80.0 Å². The van der Waals surface area contributed by atoms with Crippen LogP contribution in [0.5, 0.6) is 0 Å². The molecule has 1 amide bonds. The molecule has 0 bridgehead atoms. The van der Waals surface area contributed by atoms with Gasteiger partial charge >= 0.3 is 0 Å². The average Bonchev–Trinajstić information content (AvgIpc) is 3.47. The molecule has 3 aromatic carbocycles. The lowest BCUT2D eigenvalue weighted by molar-refractivity contribution is 0.102. The highest BCUT2D eigenvalue weighted by atomic mass is 35.5. The number of anilines is 1. The van der Waals surface area contributed by atoms with Crippen molar-refractivity contribution >= 4 is 67.6 Å². The van der Waals surface area contributed by atoms with Gasteiger partial charge in [-0.15, -0.1) is 11.3 Å². The van der Waals surface area contributed by atoms with Crippen LogP contribution in [0.3, 0.4) is 0 Å². The molecule has 0 saturated heterocycles. The van der Waals surface area contributed by atoms with Crippen molar-refractivity contribution in [2.75, 3.05) is 5.32 Å². The molecule has 6 heteroatoms. The van der Waals surface area contributed by atoms with Gasteiger partial charge in [0.15, 0.2) is 0 Å².